The SMILES string of the molecule is Cc1nc2c([nH]1)c(=O)n(C)c(=O)n2C[C@@H]1CC=CCC1. The lowest BCUT2D eigenvalue weighted by molar-refractivity contribution is 0.401. The summed E-state index contributed by atoms with van der Waals surface area (Å²) in [6, 6.07) is 0. The zero-order valence-electron chi connectivity index (χ0n) is 11.7. The third-order valence-corrected chi connectivity index (χ3v) is 3.91. The highest BCUT2D eigenvalue weighted by atomic mass is 16.2. The van der Waals surface area contributed by atoms with Gasteiger partial charge in [-0.25, -0.2) is 9.78 Å². The second-order valence-corrected chi connectivity index (χ2v) is 5.43. The third kappa shape index (κ3) is 2.01. The van der Waals surface area contributed by atoms with Crippen LogP contribution < -0.4 is 11.2 Å². The molecule has 1 aliphatic carbocycles. The molecule has 2 heterocycles. The molecule has 20 heavy (non-hydrogen) atoms. The maximum Gasteiger partial charge on any atom is 0.332 e. The van der Waals surface area contributed by atoms with Crippen molar-refractivity contribution in [2.75, 3.05) is 0 Å². The standard InChI is InChI=1S/C14H18N4O2/c1-9-15-11-12(16-9)18(14(20)17(2)13(11)19)8-10-6-4-3-5-7-10/h3-4,10H,5-8H2,1-2H3,(H,15,16)/t10-/m1/s1. The summed E-state index contributed by atoms with van der Waals surface area (Å²) in [6.07, 6.45) is 7.42. The van der Waals surface area contributed by atoms with E-state index in [1.54, 1.807) is 11.5 Å². The minimum atomic E-state index is -0.314. The molecule has 3 rings (SSSR count). The molecule has 0 radical (unpaired) electrons. The minimum Gasteiger partial charge on any atom is -0.336 e. The highest BCUT2D eigenvalue weighted by molar-refractivity contribution is 5.69. The molecular weight excluding hydrogens is 256 g/mol. The number of aryl methyl sites for hydroxylation is 1. The van der Waals surface area contributed by atoms with Gasteiger partial charge in [0.15, 0.2) is 5.65 Å². The van der Waals surface area contributed by atoms with Crippen molar-refractivity contribution in [3.8, 4) is 0 Å². The summed E-state index contributed by atoms with van der Waals surface area (Å²) in [7, 11) is 1.51. The Balaban J connectivity index is 2.16. The van der Waals surface area contributed by atoms with Crippen molar-refractivity contribution in [3.63, 3.8) is 0 Å². The van der Waals surface area contributed by atoms with Crippen LogP contribution in [0.4, 0.5) is 0 Å². The molecule has 0 bridgehead atoms. The van der Waals surface area contributed by atoms with Crippen molar-refractivity contribution < 1.29 is 0 Å². The van der Waals surface area contributed by atoms with Crippen molar-refractivity contribution in [2.24, 2.45) is 13.0 Å². The Morgan fingerprint density at radius 2 is 2.20 bits per heavy atom. The molecule has 1 aliphatic rings. The lowest BCUT2D eigenvalue weighted by atomic mass is 9.94. The largest absolute Gasteiger partial charge is 0.336 e. The van der Waals surface area contributed by atoms with Crippen LogP contribution in [0.2, 0.25) is 0 Å². The third-order valence-electron chi connectivity index (χ3n) is 3.91. The van der Waals surface area contributed by atoms with Crippen molar-refractivity contribution in [1.29, 1.82) is 0 Å². The Labute approximate surface area is 115 Å². The maximum absolute atomic E-state index is 12.3. The predicted molar refractivity (Wildman–Crippen MR) is 76.8 cm³/mol. The van der Waals surface area contributed by atoms with Gasteiger partial charge in [-0.15, -0.1) is 0 Å². The van der Waals surface area contributed by atoms with Crippen LogP contribution in [0.1, 0.15) is 25.1 Å². The number of fused-ring (bicyclic) bond motifs is 1. The first-order chi connectivity index (χ1) is 9.58. The molecule has 0 amide bonds. The first-order valence-corrected chi connectivity index (χ1v) is 6.89. The van der Waals surface area contributed by atoms with E-state index in [1.807, 2.05) is 0 Å². The van der Waals surface area contributed by atoms with Gasteiger partial charge >= 0.3 is 5.69 Å². The minimum absolute atomic E-state index is 0.288. The molecule has 0 saturated carbocycles. The number of nitrogens with zero attached hydrogens (tertiary/aromatic N) is 3. The van der Waals surface area contributed by atoms with E-state index in [1.165, 1.54) is 7.05 Å². The number of hydrogen-bond acceptors (Lipinski definition) is 3. The van der Waals surface area contributed by atoms with Gasteiger partial charge in [0, 0.05) is 13.6 Å². The second-order valence-electron chi connectivity index (χ2n) is 5.43. The van der Waals surface area contributed by atoms with E-state index in [4.69, 9.17) is 0 Å². The Bertz CT molecular complexity index is 794. The van der Waals surface area contributed by atoms with Crippen molar-refractivity contribution in [3.05, 3.63) is 38.8 Å². The number of nitrogens with one attached hydrogen (secondary N) is 1. The smallest absolute Gasteiger partial charge is 0.332 e. The summed E-state index contributed by atoms with van der Waals surface area (Å²) in [4.78, 5) is 31.7. The normalized spacial score (nSPS) is 18.8. The highest BCUT2D eigenvalue weighted by Gasteiger charge is 2.18. The summed E-state index contributed by atoms with van der Waals surface area (Å²) in [6.45, 7) is 2.40. The predicted octanol–water partition coefficient (Wildman–Crippen LogP) is 1.09. The molecule has 2 aromatic heterocycles. The Morgan fingerprint density at radius 1 is 1.40 bits per heavy atom. The number of hydrogen-bond donors (Lipinski definition) is 1. The molecule has 2 aromatic rings. The number of H-pyrrole nitrogens is 1. The molecule has 106 valence electrons. The zero-order valence-corrected chi connectivity index (χ0v) is 11.7. The van der Waals surface area contributed by atoms with Crippen LogP contribution in [-0.4, -0.2) is 19.1 Å². The topological polar surface area (TPSA) is 72.7 Å². The van der Waals surface area contributed by atoms with Crippen LogP contribution in [0, 0.1) is 12.8 Å². The van der Waals surface area contributed by atoms with Crippen molar-refractivity contribution >= 4 is 11.2 Å². The summed E-state index contributed by atoms with van der Waals surface area (Å²) in [5, 5.41) is 0. The van der Waals surface area contributed by atoms with Gasteiger partial charge < -0.3 is 4.98 Å². The molecule has 0 saturated heterocycles. The molecule has 0 fully saturated rings. The van der Waals surface area contributed by atoms with E-state index in [-0.39, 0.29) is 11.2 Å². The lowest BCUT2D eigenvalue weighted by Crippen LogP contribution is -2.39. The van der Waals surface area contributed by atoms with E-state index in [0.29, 0.717) is 29.5 Å². The molecule has 0 spiro atoms. The van der Waals surface area contributed by atoms with Crippen LogP contribution >= 0.6 is 0 Å². The van der Waals surface area contributed by atoms with E-state index in [9.17, 15) is 9.59 Å². The van der Waals surface area contributed by atoms with Gasteiger partial charge in [-0.2, -0.15) is 0 Å². The van der Waals surface area contributed by atoms with E-state index < -0.39 is 0 Å². The first-order valence-electron chi connectivity index (χ1n) is 6.89. The quantitative estimate of drug-likeness (QED) is 0.833. The Morgan fingerprint density at radius 3 is 2.90 bits per heavy atom. The molecule has 0 unspecified atom stereocenters. The fourth-order valence-corrected chi connectivity index (χ4v) is 2.80. The van der Waals surface area contributed by atoms with Crippen molar-refractivity contribution in [1.82, 2.24) is 19.1 Å². The molecule has 6 heteroatoms. The first kappa shape index (κ1) is 12.9. The van der Waals surface area contributed by atoms with Gasteiger partial charge in [0.25, 0.3) is 5.56 Å². The molecule has 0 aliphatic heterocycles. The Kier molecular flexibility index (Phi) is 3.08. The van der Waals surface area contributed by atoms with Crippen LogP contribution in [0.3, 0.4) is 0 Å². The molecule has 1 N–H and O–H groups in total. The van der Waals surface area contributed by atoms with E-state index in [0.717, 1.165) is 23.8 Å². The monoisotopic (exact) mass is 274 g/mol. The second kappa shape index (κ2) is 4.77. The number of aromatic nitrogens is 4. The fourth-order valence-electron chi connectivity index (χ4n) is 2.80. The van der Waals surface area contributed by atoms with Crippen LogP contribution in [0.15, 0.2) is 21.7 Å². The van der Waals surface area contributed by atoms with Gasteiger partial charge in [-0.05, 0) is 32.1 Å². The van der Waals surface area contributed by atoms with E-state index in [2.05, 4.69) is 22.1 Å². The lowest BCUT2D eigenvalue weighted by Gasteiger charge is -2.19. The zero-order chi connectivity index (χ0) is 14.3. The average molecular weight is 274 g/mol. The van der Waals surface area contributed by atoms with Crippen LogP contribution in [0.25, 0.3) is 11.2 Å². The number of allylic oxidation sites excluding steroid dienone is 2. The molecular formula is C14H18N4O2. The number of rotatable bonds is 2. The molecule has 0 aromatic carbocycles. The fraction of sp³-hybridized carbons (Fsp3) is 0.500. The summed E-state index contributed by atoms with van der Waals surface area (Å²) in [5.74, 6) is 1.08. The van der Waals surface area contributed by atoms with Gasteiger partial charge in [-0.1, -0.05) is 12.2 Å². The average Bonchev–Trinajstić information content (AvgIpc) is 2.84. The maximum atomic E-state index is 12.3. The van der Waals surface area contributed by atoms with E-state index >= 15 is 0 Å². The summed E-state index contributed by atoms with van der Waals surface area (Å²) < 4.78 is 2.78. The highest BCUT2D eigenvalue weighted by Crippen LogP contribution is 2.20. The molecule has 1 atom stereocenters. The number of aromatic amines is 1. The summed E-state index contributed by atoms with van der Waals surface area (Å²) in [5.41, 5.74) is 0.287. The Hall–Kier alpha value is -2.11. The van der Waals surface area contributed by atoms with Gasteiger partial charge in [0.1, 0.15) is 11.3 Å². The summed E-state index contributed by atoms with van der Waals surface area (Å²) >= 11 is 0. The van der Waals surface area contributed by atoms with Crippen molar-refractivity contribution in [2.45, 2.75) is 32.7 Å². The van der Waals surface area contributed by atoms with Gasteiger partial charge in [0.2, 0.25) is 0 Å². The molecule has 6 nitrogen and oxygen atoms in total. The van der Waals surface area contributed by atoms with Crippen LogP contribution in [-0.2, 0) is 13.6 Å². The van der Waals surface area contributed by atoms with Gasteiger partial charge in [0.05, 0.1) is 0 Å². The van der Waals surface area contributed by atoms with Crippen LogP contribution in [0.5, 0.6) is 0 Å². The number of imidazole rings is 1. The van der Waals surface area contributed by atoms with Gasteiger partial charge in [-0.3, -0.25) is 13.9 Å².